The number of aliphatic carboxylic acids is 1. The number of carbonyl (C=O) groups excluding carboxylic acids is 1. The van der Waals surface area contributed by atoms with Crippen molar-refractivity contribution in [3.05, 3.63) is 35.9 Å². The molecule has 126 valence electrons. The fourth-order valence-corrected chi connectivity index (χ4v) is 2.82. The van der Waals surface area contributed by atoms with Crippen molar-refractivity contribution in [3.8, 4) is 0 Å². The van der Waals surface area contributed by atoms with Gasteiger partial charge < -0.3 is 19.5 Å². The molecule has 1 aromatic carbocycles. The number of carboxylic acid groups (broad SMARTS) is 1. The maximum atomic E-state index is 12.3. The lowest BCUT2D eigenvalue weighted by Crippen LogP contribution is -2.39. The number of rotatable bonds is 8. The third-order valence-corrected chi connectivity index (χ3v) is 4.04. The molecule has 2 unspecified atom stereocenters. The van der Waals surface area contributed by atoms with Gasteiger partial charge in [0.15, 0.2) is 0 Å². The predicted octanol–water partition coefficient (Wildman–Crippen LogP) is 1.34. The molecular formula is C17H23NO5. The number of hydrogen-bond acceptors (Lipinski definition) is 4. The molecule has 1 aromatic rings. The quantitative estimate of drug-likeness (QED) is 0.731. The minimum absolute atomic E-state index is 0.0284. The zero-order chi connectivity index (χ0) is 16.7. The van der Waals surface area contributed by atoms with Gasteiger partial charge in [-0.25, -0.2) is 0 Å². The van der Waals surface area contributed by atoms with E-state index < -0.39 is 5.97 Å². The summed E-state index contributed by atoms with van der Waals surface area (Å²) in [5.41, 5.74) is 1.16. The molecule has 2 atom stereocenters. The lowest BCUT2D eigenvalue weighted by atomic mass is 10.1. The number of methoxy groups -OCH3 is 1. The highest BCUT2D eigenvalue weighted by Gasteiger charge is 2.36. The molecule has 1 saturated heterocycles. The average molecular weight is 321 g/mol. The topological polar surface area (TPSA) is 76.1 Å². The number of benzene rings is 1. The van der Waals surface area contributed by atoms with Gasteiger partial charge in [-0.1, -0.05) is 30.3 Å². The summed E-state index contributed by atoms with van der Waals surface area (Å²) in [6.07, 6.45) is 1.13. The zero-order valence-electron chi connectivity index (χ0n) is 13.3. The van der Waals surface area contributed by atoms with Crippen molar-refractivity contribution in [3.63, 3.8) is 0 Å². The van der Waals surface area contributed by atoms with Gasteiger partial charge in [-0.05, 0) is 18.4 Å². The Morgan fingerprint density at radius 1 is 1.30 bits per heavy atom. The lowest BCUT2D eigenvalue weighted by molar-refractivity contribution is -0.141. The van der Waals surface area contributed by atoms with Gasteiger partial charge in [0, 0.05) is 19.7 Å². The van der Waals surface area contributed by atoms with Crippen LogP contribution >= 0.6 is 0 Å². The van der Waals surface area contributed by atoms with Gasteiger partial charge >= 0.3 is 5.97 Å². The molecule has 0 spiro atoms. The maximum absolute atomic E-state index is 12.3. The standard InChI is InChI=1S/C17H23NO5/c1-22-15-9-14(10-17(20)21)18(11-15)16(19)12-23-8-7-13-5-3-2-4-6-13/h2-6,14-15H,7-12H2,1H3,(H,20,21). The number of amides is 1. The molecule has 6 nitrogen and oxygen atoms in total. The molecule has 0 saturated carbocycles. The summed E-state index contributed by atoms with van der Waals surface area (Å²) in [4.78, 5) is 24.8. The van der Waals surface area contributed by atoms with Crippen molar-refractivity contribution in [2.75, 3.05) is 26.9 Å². The molecule has 1 heterocycles. The summed E-state index contributed by atoms with van der Waals surface area (Å²) < 4.78 is 10.7. The fourth-order valence-electron chi connectivity index (χ4n) is 2.82. The van der Waals surface area contributed by atoms with E-state index in [4.69, 9.17) is 14.6 Å². The van der Waals surface area contributed by atoms with Gasteiger partial charge in [0.25, 0.3) is 0 Å². The number of nitrogens with zero attached hydrogens (tertiary/aromatic N) is 1. The van der Waals surface area contributed by atoms with Crippen molar-refractivity contribution in [2.24, 2.45) is 0 Å². The first-order chi connectivity index (χ1) is 11.1. The Morgan fingerprint density at radius 2 is 2.04 bits per heavy atom. The summed E-state index contributed by atoms with van der Waals surface area (Å²) >= 11 is 0. The molecule has 6 heteroatoms. The van der Waals surface area contributed by atoms with Crippen LogP contribution in [-0.4, -0.2) is 60.9 Å². The Bertz CT molecular complexity index is 519. The molecule has 1 aliphatic heterocycles. The summed E-state index contributed by atoms with van der Waals surface area (Å²) in [7, 11) is 1.58. The van der Waals surface area contributed by atoms with E-state index in [2.05, 4.69) is 0 Å². The smallest absolute Gasteiger partial charge is 0.305 e. The van der Waals surface area contributed by atoms with Crippen molar-refractivity contribution in [1.29, 1.82) is 0 Å². The molecule has 23 heavy (non-hydrogen) atoms. The number of ether oxygens (including phenoxy) is 2. The molecule has 1 amide bonds. The molecule has 1 fully saturated rings. The van der Waals surface area contributed by atoms with Crippen LogP contribution in [0.1, 0.15) is 18.4 Å². The second-order valence-corrected chi connectivity index (χ2v) is 5.68. The van der Waals surface area contributed by atoms with Gasteiger partial charge in [0.1, 0.15) is 6.61 Å². The van der Waals surface area contributed by atoms with Crippen molar-refractivity contribution < 1.29 is 24.2 Å². The van der Waals surface area contributed by atoms with E-state index in [0.717, 1.165) is 12.0 Å². The second kappa shape index (κ2) is 8.64. The zero-order valence-corrected chi connectivity index (χ0v) is 13.3. The second-order valence-electron chi connectivity index (χ2n) is 5.68. The van der Waals surface area contributed by atoms with E-state index in [1.807, 2.05) is 30.3 Å². The van der Waals surface area contributed by atoms with E-state index in [1.54, 1.807) is 12.0 Å². The summed E-state index contributed by atoms with van der Waals surface area (Å²) in [5, 5.41) is 8.96. The Kier molecular flexibility index (Phi) is 6.55. The van der Waals surface area contributed by atoms with E-state index in [9.17, 15) is 9.59 Å². The summed E-state index contributed by atoms with van der Waals surface area (Å²) in [6, 6.07) is 9.59. The maximum Gasteiger partial charge on any atom is 0.305 e. The minimum atomic E-state index is -0.908. The first-order valence-corrected chi connectivity index (χ1v) is 7.76. The lowest BCUT2D eigenvalue weighted by Gasteiger charge is -2.23. The monoisotopic (exact) mass is 321 g/mol. The van der Waals surface area contributed by atoms with Crippen LogP contribution in [0.15, 0.2) is 30.3 Å². The van der Waals surface area contributed by atoms with Crippen LogP contribution in [0, 0.1) is 0 Å². The summed E-state index contributed by atoms with van der Waals surface area (Å²) in [5.74, 6) is -1.08. The SMILES string of the molecule is COC1CC(CC(=O)O)N(C(=O)COCCc2ccccc2)C1. The van der Waals surface area contributed by atoms with Crippen LogP contribution in [0.4, 0.5) is 0 Å². The third kappa shape index (κ3) is 5.33. The molecular weight excluding hydrogens is 298 g/mol. The molecule has 0 radical (unpaired) electrons. The van der Waals surface area contributed by atoms with E-state index in [-0.39, 0.29) is 31.1 Å². The van der Waals surface area contributed by atoms with E-state index >= 15 is 0 Å². The van der Waals surface area contributed by atoms with Gasteiger partial charge in [-0.3, -0.25) is 9.59 Å². The van der Waals surface area contributed by atoms with Crippen LogP contribution in [0.5, 0.6) is 0 Å². The third-order valence-electron chi connectivity index (χ3n) is 4.04. The van der Waals surface area contributed by atoms with Crippen LogP contribution in [-0.2, 0) is 25.5 Å². The highest BCUT2D eigenvalue weighted by atomic mass is 16.5. The number of hydrogen-bond donors (Lipinski definition) is 1. The normalized spacial score (nSPS) is 20.7. The van der Waals surface area contributed by atoms with Crippen molar-refractivity contribution >= 4 is 11.9 Å². The van der Waals surface area contributed by atoms with Gasteiger partial charge in [-0.15, -0.1) is 0 Å². The highest BCUT2D eigenvalue weighted by molar-refractivity contribution is 5.79. The Balaban J connectivity index is 1.77. The van der Waals surface area contributed by atoms with E-state index in [1.165, 1.54) is 0 Å². The highest BCUT2D eigenvalue weighted by Crippen LogP contribution is 2.22. The number of likely N-dealkylation sites (tertiary alicyclic amines) is 1. The Labute approximate surface area is 136 Å². The summed E-state index contributed by atoms with van der Waals surface area (Å²) in [6.45, 7) is 0.857. The van der Waals surface area contributed by atoms with Crippen LogP contribution < -0.4 is 0 Å². The molecule has 1 aliphatic rings. The van der Waals surface area contributed by atoms with Gasteiger partial charge in [0.05, 0.1) is 19.1 Å². The van der Waals surface area contributed by atoms with Gasteiger partial charge in [0.2, 0.25) is 5.91 Å². The van der Waals surface area contributed by atoms with Crippen molar-refractivity contribution in [2.45, 2.75) is 31.4 Å². The number of carboxylic acids is 1. The minimum Gasteiger partial charge on any atom is -0.481 e. The van der Waals surface area contributed by atoms with Crippen LogP contribution in [0.2, 0.25) is 0 Å². The van der Waals surface area contributed by atoms with Crippen LogP contribution in [0.3, 0.4) is 0 Å². The molecule has 1 N–H and O–H groups in total. The van der Waals surface area contributed by atoms with Crippen molar-refractivity contribution in [1.82, 2.24) is 4.90 Å². The van der Waals surface area contributed by atoms with E-state index in [0.29, 0.717) is 19.6 Å². The molecule has 2 rings (SSSR count). The fraction of sp³-hybridized carbons (Fsp3) is 0.529. The van der Waals surface area contributed by atoms with Crippen LogP contribution in [0.25, 0.3) is 0 Å². The first-order valence-electron chi connectivity index (χ1n) is 7.76. The molecule has 0 aliphatic carbocycles. The van der Waals surface area contributed by atoms with Gasteiger partial charge in [-0.2, -0.15) is 0 Å². The largest absolute Gasteiger partial charge is 0.481 e. The number of carbonyl (C=O) groups is 2. The molecule has 0 bridgehead atoms. The average Bonchev–Trinajstić information content (AvgIpc) is 2.94. The Morgan fingerprint density at radius 3 is 2.70 bits per heavy atom. The molecule has 0 aromatic heterocycles. The Hall–Kier alpha value is -1.92. The predicted molar refractivity (Wildman–Crippen MR) is 84.1 cm³/mol. The first kappa shape index (κ1) is 17.4.